The van der Waals surface area contributed by atoms with Crippen LogP contribution in [0, 0.1) is 55.7 Å². The number of carbonyl (C=O) groups is 4. The molecule has 12 aromatic rings. The average molecular weight is 1720 g/mol. The molecule has 0 radical (unpaired) electrons. The molecule has 116 heavy (non-hydrogen) atoms. The van der Waals surface area contributed by atoms with Gasteiger partial charge in [0.25, 0.3) is 0 Å². The largest absolute Gasteiger partial charge is 0.291 e. The van der Waals surface area contributed by atoms with Crippen molar-refractivity contribution in [3.8, 4) is 44.8 Å². The topological polar surface area (TPSA) is 251 Å². The first-order valence-electron chi connectivity index (χ1n) is 36.2. The number of likely N-dealkylation sites (N-methyl/N-ethyl adjacent to an activating group) is 4. The van der Waals surface area contributed by atoms with Crippen LogP contribution < -0.4 is 19.6 Å². The number of hydrogen-bond donors (Lipinski definition) is 1. The molecule has 14 rings (SSSR count). The van der Waals surface area contributed by atoms with Crippen molar-refractivity contribution in [1.29, 1.82) is 4.78 Å². The van der Waals surface area contributed by atoms with Gasteiger partial charge < -0.3 is 0 Å². The van der Waals surface area contributed by atoms with E-state index >= 15 is 0 Å². The van der Waals surface area contributed by atoms with Gasteiger partial charge in [0.1, 0.15) is 40.1 Å². The van der Waals surface area contributed by atoms with E-state index in [9.17, 15) is 53.6 Å². The summed E-state index contributed by atoms with van der Waals surface area (Å²) < 4.78 is 115. The second-order valence-electron chi connectivity index (χ2n) is 28.2. The third-order valence-electron chi connectivity index (χ3n) is 18.7. The molecule has 6 aromatic carbocycles. The van der Waals surface area contributed by atoms with E-state index in [-0.39, 0.29) is 70.9 Å². The average Bonchev–Trinajstić information content (AvgIpc) is 1.63. The molecule has 3 unspecified atom stereocenters. The van der Waals surface area contributed by atoms with Crippen LogP contribution in [-0.4, -0.2) is 139 Å². The van der Waals surface area contributed by atoms with Gasteiger partial charge in [-0.1, -0.05) is 155 Å². The van der Waals surface area contributed by atoms with Crippen molar-refractivity contribution in [1.82, 2.24) is 29.9 Å². The molecule has 2 fully saturated rings. The van der Waals surface area contributed by atoms with E-state index in [1.54, 1.807) is 127 Å². The summed E-state index contributed by atoms with van der Waals surface area (Å²) in [5, 5.41) is 2.03. The fourth-order valence-corrected chi connectivity index (χ4v) is 23.9. The SMILES string of the molecule is C=S(=O)(c1sc(N(C)C(=O)Cc2ccc(-c3ccccn3)cc2)nc1C)C1CC1.C=S(C)(=O)c1sc(N(C)C(=O)Cc2ccc(-c3cc(F)ccc3F)cc2)nc1C.C=S(C)(=O)c1sc(N(C)C(=O)Cc2ccc(-c3ccccn3)cc2)nc1C.Cc1nc(N(C)C(=O)Cc2ccc(-c3cc(F)ccc3F)cc2)sc1[S@](=N)(=O)C1CC1. The molecular weight excluding hydrogens is 1640 g/mol. The highest BCUT2D eigenvalue weighted by Gasteiger charge is 2.38. The fourth-order valence-electron chi connectivity index (χ4n) is 11.9. The Bertz CT molecular complexity index is 6100. The van der Waals surface area contributed by atoms with Crippen molar-refractivity contribution in [3.63, 3.8) is 0 Å². The summed E-state index contributed by atoms with van der Waals surface area (Å²) in [5.41, 5.74) is 11.0. The summed E-state index contributed by atoms with van der Waals surface area (Å²) in [5.74, 6) is 8.75. The molecule has 31 heteroatoms. The highest BCUT2D eigenvalue weighted by Crippen LogP contribution is 2.42. The van der Waals surface area contributed by atoms with Crippen LogP contribution in [0.25, 0.3) is 44.8 Å². The Morgan fingerprint density at radius 2 is 0.690 bits per heavy atom. The fraction of sp³-hybridized carbons (Fsp3) is 0.235. The van der Waals surface area contributed by atoms with Crippen LogP contribution in [0.15, 0.2) is 199 Å². The number of nitrogens with one attached hydrogen (secondary N) is 1. The number of amides is 4. The van der Waals surface area contributed by atoms with Crippen LogP contribution in [0.4, 0.5) is 38.1 Å². The number of halogens is 4. The first-order chi connectivity index (χ1) is 54.8. The predicted octanol–water partition coefficient (Wildman–Crippen LogP) is 16.9. The zero-order valence-electron chi connectivity index (χ0n) is 65.3. The maximum absolute atomic E-state index is 14.0. The van der Waals surface area contributed by atoms with Gasteiger partial charge in [0.2, 0.25) is 23.6 Å². The maximum atomic E-state index is 14.0. The summed E-state index contributed by atoms with van der Waals surface area (Å²) in [4.78, 5) is 83.0. The molecular formula is C85H85F4N11O8S8. The number of benzene rings is 6. The van der Waals surface area contributed by atoms with Gasteiger partial charge in [0.15, 0.2) is 20.5 Å². The Hall–Kier alpha value is -10.3. The second kappa shape index (κ2) is 36.5. The van der Waals surface area contributed by atoms with Crippen molar-refractivity contribution >= 4 is 145 Å². The van der Waals surface area contributed by atoms with Crippen molar-refractivity contribution in [2.45, 2.75) is 106 Å². The standard InChI is InChI=1S/C22H21F2N3O2S2.C22H23N3O2S2.C21H20F2N2O2S2.C20H21N3O2S2/c1-13-21(31(25,29)17-8-9-17)30-22(26-13)27(2)20(28)11-14-3-5-15(6-4-14)18-12-16(23)7-10-19(18)24;1-15-21(29(3,27)18-11-12-18)28-22(24-15)25(2)20(26)14-16-7-9-17(10-8-16)19-6-4-5-13-23-19;1-13-20(29(3,4)27)28-21(24-13)25(2)19(26)11-14-5-7-15(8-6-14)17-12-16(22)9-10-18(17)23;1-14-19(27(3,4)25)26-20(22-14)23(2)18(24)13-15-8-10-16(11-9-15)17-7-5-6-12-21-17/h3-7,10,12,17,25H,8-9,11H2,1-2H3;4-10,13,18H,3,11-12,14H2,1-2H3;5-10,12H,3,11H2,1-2,4H3;5-12H,3,13H2,1-2,4H3/t31-;;;/m1.../s1. The van der Waals surface area contributed by atoms with E-state index in [4.69, 9.17) is 4.78 Å². The van der Waals surface area contributed by atoms with Gasteiger partial charge in [0.05, 0.1) is 69.6 Å². The van der Waals surface area contributed by atoms with Crippen LogP contribution >= 0.6 is 45.3 Å². The number of rotatable bonds is 22. The predicted molar refractivity (Wildman–Crippen MR) is 466 cm³/mol. The van der Waals surface area contributed by atoms with E-state index in [2.05, 4.69) is 47.5 Å². The first kappa shape index (κ1) is 86.6. The van der Waals surface area contributed by atoms with E-state index in [1.165, 1.54) is 48.7 Å². The molecule has 2 saturated carbocycles. The van der Waals surface area contributed by atoms with Gasteiger partial charge in [-0.05, 0) is 165 Å². The van der Waals surface area contributed by atoms with Crippen LogP contribution in [0.1, 0.15) is 70.7 Å². The molecule has 6 heterocycles. The molecule has 0 spiro atoms. The number of hydrogen-bond acceptors (Lipinski definition) is 19. The normalized spacial score (nSPS) is 14.4. The Morgan fingerprint density at radius 3 is 0.974 bits per heavy atom. The monoisotopic (exact) mass is 1720 g/mol. The minimum absolute atomic E-state index is 0.0575. The van der Waals surface area contributed by atoms with Crippen molar-refractivity contribution in [2.75, 3.05) is 60.3 Å². The van der Waals surface area contributed by atoms with Gasteiger partial charge in [-0.3, -0.25) is 61.4 Å². The van der Waals surface area contributed by atoms with Crippen LogP contribution in [0.3, 0.4) is 0 Å². The summed E-state index contributed by atoms with van der Waals surface area (Å²) in [7, 11) is -3.32. The lowest BCUT2D eigenvalue weighted by molar-refractivity contribution is -0.118. The molecule has 604 valence electrons. The molecule has 2 aliphatic carbocycles. The number of aryl methyl sites for hydroxylation is 4. The van der Waals surface area contributed by atoms with Gasteiger partial charge in [0, 0.05) is 114 Å². The zero-order chi connectivity index (χ0) is 83.9. The quantitative estimate of drug-likeness (QED) is 0.0489. The molecule has 4 atom stereocenters. The highest BCUT2D eigenvalue weighted by atomic mass is 32.2. The summed E-state index contributed by atoms with van der Waals surface area (Å²) in [6.07, 6.45) is 10.9. The Morgan fingerprint density at radius 1 is 0.405 bits per heavy atom. The Labute approximate surface area is 690 Å². The molecule has 0 aliphatic heterocycles. The molecule has 0 bridgehead atoms. The van der Waals surface area contributed by atoms with E-state index in [0.29, 0.717) is 66.9 Å². The van der Waals surface area contributed by atoms with Gasteiger partial charge in [-0.2, -0.15) is 0 Å². The molecule has 19 nitrogen and oxygen atoms in total. The lowest BCUT2D eigenvalue weighted by Crippen LogP contribution is -2.27. The van der Waals surface area contributed by atoms with Crippen LogP contribution in [0.2, 0.25) is 0 Å². The number of nitrogens with zero attached hydrogens (tertiary/aromatic N) is 10. The minimum atomic E-state index is -2.87. The molecule has 0 saturated heterocycles. The smallest absolute Gasteiger partial charge is 0.232 e. The number of aromatic nitrogens is 6. The van der Waals surface area contributed by atoms with Crippen molar-refractivity contribution < 1.29 is 53.6 Å². The van der Waals surface area contributed by atoms with E-state index in [1.807, 2.05) is 91.9 Å². The number of thiazole rings is 4. The number of anilines is 4. The molecule has 1 N–H and O–H groups in total. The second-order valence-corrected chi connectivity index (χ2v) is 42.8. The summed E-state index contributed by atoms with van der Waals surface area (Å²) >= 11 is 4.92. The molecule has 6 aromatic heterocycles. The number of pyridine rings is 2. The van der Waals surface area contributed by atoms with Gasteiger partial charge in [-0.25, -0.2) is 46.5 Å². The van der Waals surface area contributed by atoms with Crippen LogP contribution in [-0.2, 0) is 83.2 Å². The van der Waals surface area contributed by atoms with Crippen LogP contribution in [0.5, 0.6) is 0 Å². The van der Waals surface area contributed by atoms with E-state index in [0.717, 1.165) is 123 Å². The Balaban J connectivity index is 0.000000152. The minimum Gasteiger partial charge on any atom is -0.291 e. The first-order valence-corrected chi connectivity index (χ1v) is 47.1. The Kier molecular flexibility index (Phi) is 27.3. The molecule has 4 amide bonds. The van der Waals surface area contributed by atoms with Gasteiger partial charge in [-0.15, -0.1) is 0 Å². The summed E-state index contributed by atoms with van der Waals surface area (Å²) in [6, 6.07) is 47.2. The van der Waals surface area contributed by atoms with E-state index < -0.39 is 61.6 Å². The lowest BCUT2D eigenvalue weighted by Gasteiger charge is -2.14. The maximum Gasteiger partial charge on any atom is 0.232 e. The number of carbonyl (C=O) groups excluding carboxylic acids is 4. The third kappa shape index (κ3) is 21.5. The lowest BCUT2D eigenvalue weighted by atomic mass is 10.0. The summed E-state index contributed by atoms with van der Waals surface area (Å²) in [6.45, 7) is 7.09. The van der Waals surface area contributed by atoms with Crippen molar-refractivity contribution in [3.05, 3.63) is 251 Å². The molecule has 2 aliphatic rings. The zero-order valence-corrected chi connectivity index (χ0v) is 71.8. The highest BCUT2D eigenvalue weighted by molar-refractivity contribution is 8.03. The third-order valence-corrected chi connectivity index (χ3v) is 34.4. The van der Waals surface area contributed by atoms with Crippen molar-refractivity contribution in [2.24, 2.45) is 0 Å². The van der Waals surface area contributed by atoms with Gasteiger partial charge >= 0.3 is 0 Å².